The van der Waals surface area contributed by atoms with Crippen molar-refractivity contribution in [3.05, 3.63) is 24.0 Å². The van der Waals surface area contributed by atoms with E-state index in [9.17, 15) is 0 Å². The van der Waals surface area contributed by atoms with Gasteiger partial charge in [-0.05, 0) is 43.9 Å². The number of nitrogens with two attached hydrogens (primary N) is 1. The molecule has 1 aliphatic carbocycles. The van der Waals surface area contributed by atoms with Crippen molar-refractivity contribution >= 4 is 16.7 Å². The van der Waals surface area contributed by atoms with E-state index in [1.54, 1.807) is 0 Å². The first-order valence-corrected chi connectivity index (χ1v) is 6.96. The van der Waals surface area contributed by atoms with E-state index in [1.807, 2.05) is 12.1 Å². The molecular formula is C15H21N3. The molecule has 1 heterocycles. The van der Waals surface area contributed by atoms with Crippen LogP contribution in [0.1, 0.15) is 44.9 Å². The molecule has 1 fully saturated rings. The van der Waals surface area contributed by atoms with Crippen LogP contribution in [-0.2, 0) is 6.54 Å². The fourth-order valence-electron chi connectivity index (χ4n) is 3.30. The van der Waals surface area contributed by atoms with E-state index in [2.05, 4.69) is 24.5 Å². The normalized spacial score (nSPS) is 23.9. The van der Waals surface area contributed by atoms with Gasteiger partial charge in [-0.2, -0.15) is 0 Å². The molecule has 2 N–H and O–H groups in total. The second-order valence-electron chi connectivity index (χ2n) is 5.48. The van der Waals surface area contributed by atoms with E-state index in [4.69, 9.17) is 10.7 Å². The number of aryl methyl sites for hydroxylation is 1. The molecule has 1 aromatic heterocycles. The summed E-state index contributed by atoms with van der Waals surface area (Å²) in [6.07, 6.45) is 3.95. The topological polar surface area (TPSA) is 43.8 Å². The predicted octanol–water partition coefficient (Wildman–Crippen LogP) is 3.54. The van der Waals surface area contributed by atoms with Crippen molar-refractivity contribution in [2.24, 2.45) is 5.92 Å². The van der Waals surface area contributed by atoms with Crippen molar-refractivity contribution in [1.29, 1.82) is 0 Å². The molecule has 1 aliphatic rings. The second kappa shape index (κ2) is 4.30. The summed E-state index contributed by atoms with van der Waals surface area (Å²) >= 11 is 0. The van der Waals surface area contributed by atoms with Crippen molar-refractivity contribution in [1.82, 2.24) is 9.55 Å². The SMILES string of the molecule is CCn1c(C2CCCC2C)nc2ccc(N)cc21. The van der Waals surface area contributed by atoms with Gasteiger partial charge in [-0.25, -0.2) is 4.98 Å². The maximum absolute atomic E-state index is 5.90. The number of anilines is 1. The minimum atomic E-state index is 0.624. The monoisotopic (exact) mass is 243 g/mol. The van der Waals surface area contributed by atoms with Crippen LogP contribution in [0.2, 0.25) is 0 Å². The fraction of sp³-hybridized carbons (Fsp3) is 0.533. The minimum Gasteiger partial charge on any atom is -0.399 e. The third kappa shape index (κ3) is 1.69. The third-order valence-electron chi connectivity index (χ3n) is 4.31. The smallest absolute Gasteiger partial charge is 0.113 e. The molecule has 0 bridgehead atoms. The summed E-state index contributed by atoms with van der Waals surface area (Å²) in [6, 6.07) is 6.03. The van der Waals surface area contributed by atoms with Gasteiger partial charge in [-0.3, -0.25) is 0 Å². The summed E-state index contributed by atoms with van der Waals surface area (Å²) in [7, 11) is 0. The number of fused-ring (bicyclic) bond motifs is 1. The minimum absolute atomic E-state index is 0.624. The molecule has 0 spiro atoms. The summed E-state index contributed by atoms with van der Waals surface area (Å²) in [5.74, 6) is 2.64. The molecule has 3 nitrogen and oxygen atoms in total. The summed E-state index contributed by atoms with van der Waals surface area (Å²) in [6.45, 7) is 5.51. The zero-order valence-electron chi connectivity index (χ0n) is 11.2. The van der Waals surface area contributed by atoms with Crippen LogP contribution in [0.15, 0.2) is 18.2 Å². The van der Waals surface area contributed by atoms with Gasteiger partial charge >= 0.3 is 0 Å². The Balaban J connectivity index is 2.16. The van der Waals surface area contributed by atoms with Crippen molar-refractivity contribution in [2.75, 3.05) is 5.73 Å². The van der Waals surface area contributed by atoms with Crippen LogP contribution in [0.25, 0.3) is 11.0 Å². The zero-order chi connectivity index (χ0) is 12.7. The van der Waals surface area contributed by atoms with Crippen LogP contribution in [0.4, 0.5) is 5.69 Å². The maximum Gasteiger partial charge on any atom is 0.113 e. The first-order valence-electron chi connectivity index (χ1n) is 6.96. The molecule has 1 saturated carbocycles. The highest BCUT2D eigenvalue weighted by Crippen LogP contribution is 2.39. The van der Waals surface area contributed by atoms with E-state index in [0.717, 1.165) is 23.7 Å². The van der Waals surface area contributed by atoms with Crippen molar-refractivity contribution in [3.63, 3.8) is 0 Å². The highest BCUT2D eigenvalue weighted by Gasteiger charge is 2.29. The van der Waals surface area contributed by atoms with E-state index >= 15 is 0 Å². The molecule has 3 rings (SSSR count). The van der Waals surface area contributed by atoms with Gasteiger partial charge in [0.15, 0.2) is 0 Å². The first-order chi connectivity index (χ1) is 8.70. The van der Waals surface area contributed by atoms with Crippen LogP contribution in [0.5, 0.6) is 0 Å². The Labute approximate surface area is 108 Å². The number of hydrogen-bond donors (Lipinski definition) is 1. The second-order valence-corrected chi connectivity index (χ2v) is 5.48. The number of nitrogen functional groups attached to an aromatic ring is 1. The lowest BCUT2D eigenvalue weighted by Gasteiger charge is -2.16. The van der Waals surface area contributed by atoms with Gasteiger partial charge in [0, 0.05) is 18.2 Å². The largest absolute Gasteiger partial charge is 0.399 e. The van der Waals surface area contributed by atoms with E-state index < -0.39 is 0 Å². The summed E-state index contributed by atoms with van der Waals surface area (Å²) in [5.41, 5.74) is 8.99. The molecule has 2 atom stereocenters. The van der Waals surface area contributed by atoms with Crippen LogP contribution in [0, 0.1) is 5.92 Å². The Morgan fingerprint density at radius 3 is 2.89 bits per heavy atom. The molecule has 2 aromatic rings. The molecule has 0 aliphatic heterocycles. The highest BCUT2D eigenvalue weighted by atomic mass is 15.1. The van der Waals surface area contributed by atoms with Crippen LogP contribution >= 0.6 is 0 Å². The average molecular weight is 243 g/mol. The highest BCUT2D eigenvalue weighted by molar-refractivity contribution is 5.79. The third-order valence-corrected chi connectivity index (χ3v) is 4.31. The van der Waals surface area contributed by atoms with Gasteiger partial charge in [0.25, 0.3) is 0 Å². The standard InChI is InChI=1S/C15H21N3/c1-3-18-14-9-11(16)7-8-13(14)17-15(18)12-6-4-5-10(12)2/h7-10,12H,3-6,16H2,1-2H3. The maximum atomic E-state index is 5.90. The average Bonchev–Trinajstić information content (AvgIpc) is 2.91. The van der Waals surface area contributed by atoms with Crippen molar-refractivity contribution < 1.29 is 0 Å². The zero-order valence-corrected chi connectivity index (χ0v) is 11.2. The van der Waals surface area contributed by atoms with Gasteiger partial charge in [-0.1, -0.05) is 13.3 Å². The Kier molecular flexibility index (Phi) is 2.77. The Hall–Kier alpha value is -1.51. The van der Waals surface area contributed by atoms with E-state index in [-0.39, 0.29) is 0 Å². The number of rotatable bonds is 2. The molecule has 0 radical (unpaired) electrons. The van der Waals surface area contributed by atoms with Crippen molar-refractivity contribution in [2.45, 2.75) is 45.6 Å². The first kappa shape index (κ1) is 11.6. The van der Waals surface area contributed by atoms with Gasteiger partial charge in [0.2, 0.25) is 0 Å². The van der Waals surface area contributed by atoms with Gasteiger partial charge < -0.3 is 10.3 Å². The number of aromatic nitrogens is 2. The summed E-state index contributed by atoms with van der Waals surface area (Å²) in [5, 5.41) is 0. The molecule has 3 heteroatoms. The van der Waals surface area contributed by atoms with Gasteiger partial charge in [0.05, 0.1) is 11.0 Å². The van der Waals surface area contributed by atoms with E-state index in [0.29, 0.717) is 5.92 Å². The number of hydrogen-bond acceptors (Lipinski definition) is 2. The number of imidazole rings is 1. The molecular weight excluding hydrogens is 222 g/mol. The van der Waals surface area contributed by atoms with Gasteiger partial charge in [0.1, 0.15) is 5.82 Å². The van der Waals surface area contributed by atoms with E-state index in [1.165, 1.54) is 30.6 Å². The Morgan fingerprint density at radius 2 is 2.22 bits per heavy atom. The Morgan fingerprint density at radius 1 is 1.39 bits per heavy atom. The van der Waals surface area contributed by atoms with Crippen LogP contribution < -0.4 is 5.73 Å². The molecule has 0 saturated heterocycles. The quantitative estimate of drug-likeness (QED) is 0.820. The molecule has 0 amide bonds. The Bertz CT molecular complexity index is 570. The molecule has 96 valence electrons. The predicted molar refractivity (Wildman–Crippen MR) is 75.6 cm³/mol. The summed E-state index contributed by atoms with van der Waals surface area (Å²) < 4.78 is 2.35. The van der Waals surface area contributed by atoms with Crippen LogP contribution in [0.3, 0.4) is 0 Å². The number of benzene rings is 1. The molecule has 1 aromatic carbocycles. The number of nitrogens with zero attached hydrogens (tertiary/aromatic N) is 2. The molecule has 18 heavy (non-hydrogen) atoms. The molecule has 2 unspecified atom stereocenters. The van der Waals surface area contributed by atoms with Gasteiger partial charge in [-0.15, -0.1) is 0 Å². The lowest BCUT2D eigenvalue weighted by atomic mass is 9.97. The summed E-state index contributed by atoms with van der Waals surface area (Å²) in [4.78, 5) is 4.86. The lowest BCUT2D eigenvalue weighted by molar-refractivity contribution is 0.491. The lowest BCUT2D eigenvalue weighted by Crippen LogP contribution is -2.10. The fourth-order valence-corrected chi connectivity index (χ4v) is 3.30. The van der Waals surface area contributed by atoms with Crippen LogP contribution in [-0.4, -0.2) is 9.55 Å². The van der Waals surface area contributed by atoms with Crippen molar-refractivity contribution in [3.8, 4) is 0 Å².